The van der Waals surface area contributed by atoms with Gasteiger partial charge in [0.2, 0.25) is 0 Å². The highest BCUT2D eigenvalue weighted by atomic mass is 16.6. The number of carbonyl (C=O) groups is 1. The zero-order chi connectivity index (χ0) is 18.7. The van der Waals surface area contributed by atoms with Gasteiger partial charge in [0, 0.05) is 39.3 Å². The Balaban J connectivity index is 1.51. The van der Waals surface area contributed by atoms with Crippen molar-refractivity contribution in [3.05, 3.63) is 11.9 Å². The van der Waals surface area contributed by atoms with Gasteiger partial charge in [0.25, 0.3) is 0 Å². The first-order valence-electron chi connectivity index (χ1n) is 9.41. The van der Waals surface area contributed by atoms with Crippen LogP contribution in [0.3, 0.4) is 0 Å². The predicted octanol–water partition coefficient (Wildman–Crippen LogP) is 2.34. The van der Waals surface area contributed by atoms with Gasteiger partial charge in [-0.15, -0.1) is 0 Å². The summed E-state index contributed by atoms with van der Waals surface area (Å²) in [7, 11) is 0. The smallest absolute Gasteiger partial charge is 0.410 e. The molecule has 0 radical (unpaired) electrons. The number of aromatic nitrogens is 2. The molecule has 1 amide bonds. The summed E-state index contributed by atoms with van der Waals surface area (Å²) < 4.78 is 12.9. The van der Waals surface area contributed by atoms with Crippen LogP contribution in [0.25, 0.3) is 0 Å². The van der Waals surface area contributed by atoms with Crippen LogP contribution in [-0.2, 0) is 16.0 Å². The lowest BCUT2D eigenvalue weighted by Gasteiger charge is -2.35. The Morgan fingerprint density at radius 3 is 2.65 bits per heavy atom. The van der Waals surface area contributed by atoms with E-state index < -0.39 is 5.60 Å². The van der Waals surface area contributed by atoms with E-state index in [1.807, 2.05) is 20.8 Å². The molecule has 1 atom stereocenters. The quantitative estimate of drug-likeness (QED) is 0.884. The Kier molecular flexibility index (Phi) is 5.72. The molecule has 0 saturated carbocycles. The number of nitrogens with zero attached hydrogens (tertiary/aromatic N) is 4. The summed E-state index contributed by atoms with van der Waals surface area (Å²) in [6.07, 6.45) is 4.44. The maximum absolute atomic E-state index is 12.1. The van der Waals surface area contributed by atoms with Crippen LogP contribution in [0.15, 0.2) is 6.20 Å². The lowest BCUT2D eigenvalue weighted by atomic mass is 10.2. The first-order valence-corrected chi connectivity index (χ1v) is 9.41. The van der Waals surface area contributed by atoms with E-state index in [1.165, 1.54) is 0 Å². The molecular formula is C18H30N4O4. The molecule has 1 aromatic rings. The van der Waals surface area contributed by atoms with E-state index in [0.717, 1.165) is 39.0 Å². The Bertz CT molecular complexity index is 611. The van der Waals surface area contributed by atoms with Gasteiger partial charge in [-0.25, -0.2) is 9.48 Å². The van der Waals surface area contributed by atoms with Crippen LogP contribution in [0.5, 0.6) is 5.75 Å². The molecule has 0 bridgehead atoms. The maximum atomic E-state index is 12.1. The molecule has 146 valence electrons. The molecule has 2 fully saturated rings. The lowest BCUT2D eigenvalue weighted by Crippen LogP contribution is -2.49. The summed E-state index contributed by atoms with van der Waals surface area (Å²) in [5.74, 6) is 0.203. The molecule has 1 N–H and O–H groups in total. The highest BCUT2D eigenvalue weighted by Gasteiger charge is 2.27. The van der Waals surface area contributed by atoms with Crippen LogP contribution in [0.1, 0.15) is 52.0 Å². The summed E-state index contributed by atoms with van der Waals surface area (Å²) in [6.45, 7) is 9.60. The van der Waals surface area contributed by atoms with E-state index in [4.69, 9.17) is 9.47 Å². The lowest BCUT2D eigenvalue weighted by molar-refractivity contribution is -0.0399. The van der Waals surface area contributed by atoms with E-state index in [9.17, 15) is 9.90 Å². The number of ether oxygens (including phenoxy) is 2. The second kappa shape index (κ2) is 7.84. The molecule has 0 aromatic carbocycles. The maximum Gasteiger partial charge on any atom is 0.410 e. The number of hydrogen-bond acceptors (Lipinski definition) is 6. The van der Waals surface area contributed by atoms with Gasteiger partial charge < -0.3 is 19.5 Å². The van der Waals surface area contributed by atoms with Gasteiger partial charge in [-0.2, -0.15) is 5.10 Å². The number of amides is 1. The molecule has 0 spiro atoms. The number of aromatic hydroxyl groups is 1. The molecule has 3 heterocycles. The highest BCUT2D eigenvalue weighted by Crippen LogP contribution is 2.26. The molecule has 0 aliphatic carbocycles. The van der Waals surface area contributed by atoms with Crippen LogP contribution >= 0.6 is 0 Å². The van der Waals surface area contributed by atoms with E-state index in [2.05, 4.69) is 10.00 Å². The normalized spacial score (nSPS) is 22.4. The monoisotopic (exact) mass is 366 g/mol. The topological polar surface area (TPSA) is 80.1 Å². The Morgan fingerprint density at radius 2 is 2.04 bits per heavy atom. The van der Waals surface area contributed by atoms with Crippen molar-refractivity contribution in [2.24, 2.45) is 0 Å². The zero-order valence-corrected chi connectivity index (χ0v) is 16.0. The van der Waals surface area contributed by atoms with Crippen molar-refractivity contribution in [2.45, 2.75) is 58.4 Å². The molecule has 26 heavy (non-hydrogen) atoms. The molecule has 1 unspecified atom stereocenters. The number of hydrogen-bond donors (Lipinski definition) is 1. The summed E-state index contributed by atoms with van der Waals surface area (Å²) in [5, 5.41) is 14.7. The average molecular weight is 366 g/mol. The van der Waals surface area contributed by atoms with Crippen molar-refractivity contribution >= 4 is 6.09 Å². The minimum Gasteiger partial charge on any atom is -0.504 e. The third-order valence-electron chi connectivity index (χ3n) is 4.63. The van der Waals surface area contributed by atoms with Crippen LogP contribution in [0.2, 0.25) is 0 Å². The summed E-state index contributed by atoms with van der Waals surface area (Å²) in [5.41, 5.74) is 0.179. The molecule has 2 saturated heterocycles. The van der Waals surface area contributed by atoms with E-state index in [1.54, 1.807) is 15.8 Å². The summed E-state index contributed by atoms with van der Waals surface area (Å²) in [6, 6.07) is 0. The molecular weight excluding hydrogens is 336 g/mol. The highest BCUT2D eigenvalue weighted by molar-refractivity contribution is 5.68. The van der Waals surface area contributed by atoms with Crippen molar-refractivity contribution in [1.82, 2.24) is 19.6 Å². The van der Waals surface area contributed by atoms with Crippen molar-refractivity contribution in [2.75, 3.05) is 32.8 Å². The fraction of sp³-hybridized carbons (Fsp3) is 0.778. The third kappa shape index (κ3) is 4.88. The van der Waals surface area contributed by atoms with Gasteiger partial charge in [-0.1, -0.05) is 0 Å². The van der Waals surface area contributed by atoms with Gasteiger partial charge in [-0.05, 0) is 40.0 Å². The largest absolute Gasteiger partial charge is 0.504 e. The van der Waals surface area contributed by atoms with Crippen LogP contribution in [0.4, 0.5) is 4.79 Å². The SMILES string of the molecule is CC(C)(C)OC(=O)N1CCN(Cc2nn(C3CCCCO3)cc2O)CC1. The van der Waals surface area contributed by atoms with Crippen molar-refractivity contribution < 1.29 is 19.4 Å². The second-order valence-corrected chi connectivity index (χ2v) is 8.01. The standard InChI is InChI=1S/C18H30N4O4/c1-18(2,3)26-17(24)21-9-7-20(8-10-21)12-14-15(23)13-22(19-14)16-6-4-5-11-25-16/h13,16,23H,4-12H2,1-3H3. The van der Waals surface area contributed by atoms with Gasteiger partial charge in [-0.3, -0.25) is 4.90 Å². The Labute approximate surface area is 154 Å². The van der Waals surface area contributed by atoms with Gasteiger partial charge in [0.05, 0.1) is 6.20 Å². The Morgan fingerprint density at radius 1 is 1.31 bits per heavy atom. The van der Waals surface area contributed by atoms with E-state index >= 15 is 0 Å². The first kappa shape index (κ1) is 19.0. The first-order chi connectivity index (χ1) is 12.3. The number of carbonyl (C=O) groups excluding carboxylic acids is 1. The summed E-state index contributed by atoms with van der Waals surface area (Å²) >= 11 is 0. The minimum atomic E-state index is -0.478. The van der Waals surface area contributed by atoms with Gasteiger partial charge in [0.1, 0.15) is 17.5 Å². The summed E-state index contributed by atoms with van der Waals surface area (Å²) in [4.78, 5) is 16.0. The number of piperazine rings is 1. The van der Waals surface area contributed by atoms with Gasteiger partial charge >= 0.3 is 6.09 Å². The zero-order valence-electron chi connectivity index (χ0n) is 16.0. The van der Waals surface area contributed by atoms with Crippen molar-refractivity contribution in [3.63, 3.8) is 0 Å². The second-order valence-electron chi connectivity index (χ2n) is 8.01. The molecule has 8 heteroatoms. The van der Waals surface area contributed by atoms with Crippen molar-refractivity contribution in [3.8, 4) is 5.75 Å². The fourth-order valence-corrected chi connectivity index (χ4v) is 3.24. The average Bonchev–Trinajstić information content (AvgIpc) is 2.95. The predicted molar refractivity (Wildman–Crippen MR) is 95.8 cm³/mol. The Hall–Kier alpha value is -1.80. The molecule has 8 nitrogen and oxygen atoms in total. The van der Waals surface area contributed by atoms with E-state index in [0.29, 0.717) is 25.3 Å². The molecule has 2 aliphatic heterocycles. The fourth-order valence-electron chi connectivity index (χ4n) is 3.24. The molecule has 3 rings (SSSR count). The molecule has 2 aliphatic rings. The third-order valence-corrected chi connectivity index (χ3v) is 4.63. The molecule has 1 aromatic heterocycles. The minimum absolute atomic E-state index is 0.0765. The van der Waals surface area contributed by atoms with Gasteiger partial charge in [0.15, 0.2) is 5.75 Å². The van der Waals surface area contributed by atoms with Crippen molar-refractivity contribution in [1.29, 1.82) is 0 Å². The van der Waals surface area contributed by atoms with Crippen LogP contribution in [0, 0.1) is 0 Å². The van der Waals surface area contributed by atoms with Crippen LogP contribution in [-0.4, -0.2) is 69.2 Å². The van der Waals surface area contributed by atoms with Crippen LogP contribution < -0.4 is 0 Å². The van der Waals surface area contributed by atoms with E-state index in [-0.39, 0.29) is 18.1 Å². The number of rotatable bonds is 3.